The van der Waals surface area contributed by atoms with Gasteiger partial charge in [-0.05, 0) is 40.2 Å². The number of anilines is 1. The summed E-state index contributed by atoms with van der Waals surface area (Å²) in [6.07, 6.45) is 0. The molecule has 17 heavy (non-hydrogen) atoms. The molecule has 0 aliphatic rings. The van der Waals surface area contributed by atoms with E-state index in [1.165, 1.54) is 11.3 Å². The summed E-state index contributed by atoms with van der Waals surface area (Å²) in [6, 6.07) is 6.78. The van der Waals surface area contributed by atoms with Gasteiger partial charge in [0.15, 0.2) is 0 Å². The Morgan fingerprint density at radius 2 is 1.94 bits per heavy atom. The van der Waals surface area contributed by atoms with Crippen LogP contribution in [-0.2, 0) is 0 Å². The van der Waals surface area contributed by atoms with Gasteiger partial charge in [-0.2, -0.15) is 0 Å². The van der Waals surface area contributed by atoms with Gasteiger partial charge in [0.2, 0.25) is 5.78 Å². The third-order valence-corrected chi connectivity index (χ3v) is 4.98. The molecule has 0 aliphatic carbocycles. The zero-order valence-corrected chi connectivity index (χ0v) is 13.1. The van der Waals surface area contributed by atoms with E-state index < -0.39 is 0 Å². The second kappa shape index (κ2) is 5.10. The van der Waals surface area contributed by atoms with Gasteiger partial charge in [0, 0.05) is 15.7 Å². The molecule has 2 nitrogen and oxygen atoms in total. The van der Waals surface area contributed by atoms with Crippen molar-refractivity contribution in [1.29, 1.82) is 0 Å². The van der Waals surface area contributed by atoms with Crippen molar-refractivity contribution in [3.63, 3.8) is 0 Å². The van der Waals surface area contributed by atoms with Gasteiger partial charge in [0.1, 0.15) is 0 Å². The van der Waals surface area contributed by atoms with Gasteiger partial charge in [-0.25, -0.2) is 0 Å². The molecule has 1 aromatic carbocycles. The second-order valence-corrected chi connectivity index (χ2v) is 7.03. The number of hydrogen-bond donors (Lipinski definition) is 1. The van der Waals surface area contributed by atoms with Crippen molar-refractivity contribution in [1.82, 2.24) is 0 Å². The standard InChI is InChI=1S/C11H6Br2ClNOS/c12-6-1-5(2-7(15)3-6)10(16)9-4-8(14)11(13)17-9/h1-4H,15H2. The molecule has 0 bridgehead atoms. The molecule has 88 valence electrons. The van der Waals surface area contributed by atoms with Crippen LogP contribution >= 0.6 is 54.8 Å². The number of ketones is 1. The second-order valence-electron chi connectivity index (χ2n) is 3.33. The molecule has 0 aliphatic heterocycles. The number of rotatable bonds is 2. The summed E-state index contributed by atoms with van der Waals surface area (Å²) in [6.45, 7) is 0. The van der Waals surface area contributed by atoms with Crippen LogP contribution in [0.5, 0.6) is 0 Å². The molecule has 0 saturated carbocycles. The third-order valence-electron chi connectivity index (χ3n) is 2.05. The molecule has 2 rings (SSSR count). The van der Waals surface area contributed by atoms with Gasteiger partial charge >= 0.3 is 0 Å². The molecule has 0 unspecified atom stereocenters. The molecule has 1 heterocycles. The molecule has 0 amide bonds. The monoisotopic (exact) mass is 393 g/mol. The lowest BCUT2D eigenvalue weighted by Gasteiger charge is -2.01. The zero-order valence-electron chi connectivity index (χ0n) is 8.34. The number of carbonyl (C=O) groups excluding carboxylic acids is 1. The van der Waals surface area contributed by atoms with Crippen LogP contribution in [0.3, 0.4) is 0 Å². The molecule has 0 spiro atoms. The summed E-state index contributed by atoms with van der Waals surface area (Å²) in [5.41, 5.74) is 6.79. The Bertz CT molecular complexity index is 557. The minimum Gasteiger partial charge on any atom is -0.399 e. The summed E-state index contributed by atoms with van der Waals surface area (Å²) < 4.78 is 1.54. The molecule has 0 radical (unpaired) electrons. The fourth-order valence-corrected chi connectivity index (χ4v) is 3.52. The van der Waals surface area contributed by atoms with Crippen molar-refractivity contribution in [2.75, 3.05) is 5.73 Å². The van der Waals surface area contributed by atoms with Gasteiger partial charge in [-0.3, -0.25) is 4.79 Å². The Morgan fingerprint density at radius 1 is 1.24 bits per heavy atom. The van der Waals surface area contributed by atoms with Gasteiger partial charge in [0.05, 0.1) is 13.7 Å². The van der Waals surface area contributed by atoms with E-state index in [1.54, 1.807) is 24.3 Å². The Hall–Kier alpha value is -0.360. The normalized spacial score (nSPS) is 10.5. The summed E-state index contributed by atoms with van der Waals surface area (Å²) >= 11 is 13.8. The Labute approximate surface area is 124 Å². The highest BCUT2D eigenvalue weighted by Gasteiger charge is 2.15. The first-order valence-corrected chi connectivity index (χ1v) is 7.31. The van der Waals surface area contributed by atoms with E-state index in [-0.39, 0.29) is 5.78 Å². The maximum absolute atomic E-state index is 12.2. The van der Waals surface area contributed by atoms with Gasteiger partial charge in [-0.15, -0.1) is 11.3 Å². The van der Waals surface area contributed by atoms with E-state index in [0.29, 0.717) is 21.2 Å². The van der Waals surface area contributed by atoms with Gasteiger partial charge in [0.25, 0.3) is 0 Å². The molecule has 0 saturated heterocycles. The van der Waals surface area contributed by atoms with Crippen LogP contribution in [0.1, 0.15) is 15.2 Å². The first kappa shape index (κ1) is 13.1. The summed E-state index contributed by atoms with van der Waals surface area (Å²) in [7, 11) is 0. The number of carbonyl (C=O) groups is 1. The fourth-order valence-electron chi connectivity index (χ4n) is 1.34. The molecular formula is C11H6Br2ClNOS. The maximum Gasteiger partial charge on any atom is 0.203 e. The predicted octanol–water partition coefficient (Wildman–Crippen LogP) is 4.74. The van der Waals surface area contributed by atoms with Crippen molar-refractivity contribution < 1.29 is 4.79 Å². The van der Waals surface area contributed by atoms with Crippen LogP contribution < -0.4 is 5.73 Å². The number of thiophene rings is 1. The summed E-state index contributed by atoms with van der Waals surface area (Å²) in [4.78, 5) is 12.8. The van der Waals surface area contributed by atoms with Crippen molar-refractivity contribution in [3.05, 3.63) is 48.0 Å². The summed E-state index contributed by atoms with van der Waals surface area (Å²) in [5.74, 6) is -0.0874. The highest BCUT2D eigenvalue weighted by atomic mass is 79.9. The maximum atomic E-state index is 12.2. The highest BCUT2D eigenvalue weighted by Crippen LogP contribution is 2.33. The Balaban J connectivity index is 2.43. The Morgan fingerprint density at radius 3 is 2.47 bits per heavy atom. The predicted molar refractivity (Wildman–Crippen MR) is 79.0 cm³/mol. The van der Waals surface area contributed by atoms with E-state index >= 15 is 0 Å². The largest absolute Gasteiger partial charge is 0.399 e. The lowest BCUT2D eigenvalue weighted by molar-refractivity contribution is 0.104. The van der Waals surface area contributed by atoms with E-state index in [1.807, 2.05) is 0 Å². The molecular weight excluding hydrogens is 389 g/mol. The minimum absolute atomic E-state index is 0.0874. The summed E-state index contributed by atoms with van der Waals surface area (Å²) in [5, 5.41) is 0.543. The van der Waals surface area contributed by atoms with E-state index in [9.17, 15) is 4.79 Å². The van der Waals surface area contributed by atoms with Crippen molar-refractivity contribution in [3.8, 4) is 0 Å². The lowest BCUT2D eigenvalue weighted by atomic mass is 10.1. The first-order chi connectivity index (χ1) is 7.97. The van der Waals surface area contributed by atoms with Crippen LogP contribution in [-0.4, -0.2) is 5.78 Å². The molecule has 0 atom stereocenters. The molecule has 1 aromatic heterocycles. The smallest absolute Gasteiger partial charge is 0.203 e. The first-order valence-electron chi connectivity index (χ1n) is 4.53. The molecule has 6 heteroatoms. The molecule has 2 N–H and O–H groups in total. The van der Waals surface area contributed by atoms with Crippen LogP contribution in [0, 0.1) is 0 Å². The quantitative estimate of drug-likeness (QED) is 0.590. The van der Waals surface area contributed by atoms with Gasteiger partial charge < -0.3 is 5.73 Å². The topological polar surface area (TPSA) is 43.1 Å². The molecule has 2 aromatic rings. The average Bonchev–Trinajstić information content (AvgIpc) is 2.57. The van der Waals surface area contributed by atoms with Crippen LogP contribution in [0.2, 0.25) is 5.02 Å². The molecule has 0 fully saturated rings. The van der Waals surface area contributed by atoms with Crippen molar-refractivity contribution >= 4 is 66.3 Å². The van der Waals surface area contributed by atoms with Crippen LogP contribution in [0.4, 0.5) is 5.69 Å². The number of halogens is 3. The lowest BCUT2D eigenvalue weighted by Crippen LogP contribution is -1.99. The SMILES string of the molecule is Nc1cc(Br)cc(C(=O)c2cc(Cl)c(Br)s2)c1. The fraction of sp³-hybridized carbons (Fsp3) is 0. The number of nitrogen functional groups attached to an aromatic ring is 1. The van der Waals surface area contributed by atoms with E-state index in [0.717, 1.165) is 8.26 Å². The van der Waals surface area contributed by atoms with E-state index in [2.05, 4.69) is 31.9 Å². The number of hydrogen-bond acceptors (Lipinski definition) is 3. The highest BCUT2D eigenvalue weighted by molar-refractivity contribution is 9.11. The van der Waals surface area contributed by atoms with Crippen molar-refractivity contribution in [2.24, 2.45) is 0 Å². The minimum atomic E-state index is -0.0874. The van der Waals surface area contributed by atoms with Gasteiger partial charge in [-0.1, -0.05) is 27.5 Å². The number of benzene rings is 1. The van der Waals surface area contributed by atoms with Crippen LogP contribution in [0.25, 0.3) is 0 Å². The average molecular weight is 396 g/mol. The van der Waals surface area contributed by atoms with Crippen LogP contribution in [0.15, 0.2) is 32.5 Å². The zero-order chi connectivity index (χ0) is 12.6. The Kier molecular flexibility index (Phi) is 3.92. The third kappa shape index (κ3) is 2.91. The van der Waals surface area contributed by atoms with E-state index in [4.69, 9.17) is 17.3 Å². The van der Waals surface area contributed by atoms with Crippen molar-refractivity contribution in [2.45, 2.75) is 0 Å². The number of nitrogens with two attached hydrogens (primary N) is 1.